The molecule has 1 N–H and O–H groups in total. The maximum Gasteiger partial charge on any atom is 0.0548 e. The molecule has 1 aromatic rings. The second-order valence-corrected chi connectivity index (χ2v) is 6.24. The Morgan fingerprint density at radius 1 is 1.30 bits per heavy atom. The highest BCUT2D eigenvalue weighted by atomic mass is 15.3. The first kappa shape index (κ1) is 15.4. The molecule has 0 radical (unpaired) electrons. The van der Waals surface area contributed by atoms with Crippen LogP contribution in [0, 0.1) is 0 Å². The zero-order chi connectivity index (χ0) is 14.5. The summed E-state index contributed by atoms with van der Waals surface area (Å²) >= 11 is 0. The predicted octanol–water partition coefficient (Wildman–Crippen LogP) is 1.72. The first-order valence-corrected chi connectivity index (χ1v) is 7.65. The smallest absolute Gasteiger partial charge is 0.0548 e. The largest absolute Gasteiger partial charge is 0.309 e. The lowest BCUT2D eigenvalue weighted by Gasteiger charge is -2.38. The molecule has 1 atom stereocenters. The number of nitrogens with zero attached hydrogens (tertiary/aromatic N) is 3. The molecular formula is C16H28N4. The molecule has 0 bridgehead atoms. The van der Waals surface area contributed by atoms with Crippen molar-refractivity contribution in [2.24, 2.45) is 0 Å². The summed E-state index contributed by atoms with van der Waals surface area (Å²) in [5.41, 5.74) is 2.32. The van der Waals surface area contributed by atoms with Crippen molar-refractivity contribution in [2.75, 3.05) is 26.7 Å². The summed E-state index contributed by atoms with van der Waals surface area (Å²) in [4.78, 5) is 9.70. The molecular weight excluding hydrogens is 248 g/mol. The maximum atomic E-state index is 4.77. The molecule has 0 amide bonds. The molecule has 112 valence electrons. The van der Waals surface area contributed by atoms with E-state index in [0.717, 1.165) is 38.4 Å². The van der Waals surface area contributed by atoms with Crippen molar-refractivity contribution in [1.82, 2.24) is 20.1 Å². The molecule has 1 aliphatic heterocycles. The normalized spacial score (nSPS) is 21.6. The third-order valence-electron chi connectivity index (χ3n) is 3.89. The predicted molar refractivity (Wildman–Crippen MR) is 83.6 cm³/mol. The number of pyridine rings is 1. The topological polar surface area (TPSA) is 31.4 Å². The fourth-order valence-electron chi connectivity index (χ4n) is 2.64. The van der Waals surface area contributed by atoms with Gasteiger partial charge in [0.1, 0.15) is 0 Å². The summed E-state index contributed by atoms with van der Waals surface area (Å²) < 4.78 is 0. The van der Waals surface area contributed by atoms with E-state index in [-0.39, 0.29) is 0 Å². The highest BCUT2D eigenvalue weighted by Crippen LogP contribution is 2.12. The lowest BCUT2D eigenvalue weighted by molar-refractivity contribution is 0.0926. The molecule has 2 rings (SSSR count). The highest BCUT2D eigenvalue weighted by Gasteiger charge is 2.21. The Hall–Kier alpha value is -0.970. The van der Waals surface area contributed by atoms with Crippen molar-refractivity contribution in [3.05, 3.63) is 29.6 Å². The van der Waals surface area contributed by atoms with E-state index >= 15 is 0 Å². The van der Waals surface area contributed by atoms with Crippen molar-refractivity contribution in [1.29, 1.82) is 0 Å². The monoisotopic (exact) mass is 276 g/mol. The third kappa shape index (κ3) is 4.54. The Bertz CT molecular complexity index is 419. The second kappa shape index (κ2) is 7.16. The molecule has 1 aliphatic rings. The average Bonchev–Trinajstić information content (AvgIpc) is 2.40. The molecule has 0 aromatic carbocycles. The lowest BCUT2D eigenvalue weighted by Crippen LogP contribution is -2.49. The van der Waals surface area contributed by atoms with Crippen LogP contribution in [0.25, 0.3) is 0 Å². The second-order valence-electron chi connectivity index (χ2n) is 6.24. The number of hydrogen-bond donors (Lipinski definition) is 1. The molecule has 4 nitrogen and oxygen atoms in total. The van der Waals surface area contributed by atoms with Crippen molar-refractivity contribution >= 4 is 0 Å². The van der Waals surface area contributed by atoms with Crippen LogP contribution < -0.4 is 5.32 Å². The van der Waals surface area contributed by atoms with Gasteiger partial charge in [-0.05, 0) is 26.1 Å². The van der Waals surface area contributed by atoms with Gasteiger partial charge in [0.25, 0.3) is 0 Å². The van der Waals surface area contributed by atoms with Crippen LogP contribution in [0.5, 0.6) is 0 Å². The van der Waals surface area contributed by atoms with Crippen LogP contribution in [0.4, 0.5) is 0 Å². The van der Waals surface area contributed by atoms with Gasteiger partial charge in [-0.2, -0.15) is 0 Å². The summed E-state index contributed by atoms with van der Waals surface area (Å²) in [6, 6.07) is 7.47. The SMILES string of the molecule is CC(C)NCc1cccc(CN2CCN(C)CC2C)n1. The Balaban J connectivity index is 1.93. The molecule has 0 spiro atoms. The third-order valence-corrected chi connectivity index (χ3v) is 3.89. The van der Waals surface area contributed by atoms with Gasteiger partial charge in [-0.15, -0.1) is 0 Å². The van der Waals surface area contributed by atoms with Crippen molar-refractivity contribution in [3.8, 4) is 0 Å². The van der Waals surface area contributed by atoms with E-state index in [0.29, 0.717) is 12.1 Å². The van der Waals surface area contributed by atoms with Crippen molar-refractivity contribution in [3.63, 3.8) is 0 Å². The maximum absolute atomic E-state index is 4.77. The van der Waals surface area contributed by atoms with Gasteiger partial charge >= 0.3 is 0 Å². The van der Waals surface area contributed by atoms with E-state index in [9.17, 15) is 0 Å². The minimum absolute atomic E-state index is 0.498. The van der Waals surface area contributed by atoms with Crippen LogP contribution in [0.15, 0.2) is 18.2 Å². The van der Waals surface area contributed by atoms with E-state index in [1.54, 1.807) is 0 Å². The Kier molecular flexibility index (Phi) is 5.52. The van der Waals surface area contributed by atoms with Gasteiger partial charge < -0.3 is 10.2 Å². The summed E-state index contributed by atoms with van der Waals surface area (Å²) in [5, 5.41) is 3.42. The van der Waals surface area contributed by atoms with Gasteiger partial charge in [-0.25, -0.2) is 0 Å². The van der Waals surface area contributed by atoms with E-state index in [4.69, 9.17) is 4.98 Å². The number of rotatable bonds is 5. The van der Waals surface area contributed by atoms with E-state index in [1.165, 1.54) is 5.69 Å². The van der Waals surface area contributed by atoms with Crippen LogP contribution in [-0.2, 0) is 13.1 Å². The standard InChI is InChI=1S/C16H28N4/c1-13(2)17-10-15-6-5-7-16(18-15)12-20-9-8-19(4)11-14(20)3/h5-7,13-14,17H,8-12H2,1-4H3. The molecule has 1 aromatic heterocycles. The van der Waals surface area contributed by atoms with Gasteiger partial charge in [0, 0.05) is 44.8 Å². The van der Waals surface area contributed by atoms with Gasteiger partial charge in [-0.3, -0.25) is 9.88 Å². The highest BCUT2D eigenvalue weighted by molar-refractivity contribution is 5.11. The Morgan fingerprint density at radius 3 is 2.75 bits per heavy atom. The summed E-state index contributed by atoms with van der Waals surface area (Å²) in [7, 11) is 2.20. The first-order chi connectivity index (χ1) is 9.54. The first-order valence-electron chi connectivity index (χ1n) is 7.65. The fourth-order valence-corrected chi connectivity index (χ4v) is 2.64. The molecule has 1 saturated heterocycles. The van der Waals surface area contributed by atoms with Crippen molar-refractivity contribution in [2.45, 2.75) is 45.9 Å². The number of nitrogens with one attached hydrogen (secondary N) is 1. The van der Waals surface area contributed by atoms with E-state index in [2.05, 4.69) is 61.1 Å². The Labute approximate surface area is 123 Å². The average molecular weight is 276 g/mol. The van der Waals surface area contributed by atoms with Gasteiger partial charge in [0.15, 0.2) is 0 Å². The van der Waals surface area contributed by atoms with Crippen LogP contribution >= 0.6 is 0 Å². The van der Waals surface area contributed by atoms with Crippen LogP contribution in [-0.4, -0.2) is 53.5 Å². The number of likely N-dealkylation sites (N-methyl/N-ethyl adjacent to an activating group) is 1. The lowest BCUT2D eigenvalue weighted by atomic mass is 10.2. The van der Waals surface area contributed by atoms with Crippen LogP contribution in [0.3, 0.4) is 0 Å². The van der Waals surface area contributed by atoms with Gasteiger partial charge in [-0.1, -0.05) is 19.9 Å². The number of aromatic nitrogens is 1. The fraction of sp³-hybridized carbons (Fsp3) is 0.688. The van der Waals surface area contributed by atoms with Crippen LogP contribution in [0.2, 0.25) is 0 Å². The summed E-state index contributed by atoms with van der Waals surface area (Å²) in [5.74, 6) is 0. The molecule has 0 saturated carbocycles. The van der Waals surface area contributed by atoms with Gasteiger partial charge in [0.05, 0.1) is 11.4 Å². The molecule has 4 heteroatoms. The minimum atomic E-state index is 0.498. The Morgan fingerprint density at radius 2 is 2.05 bits per heavy atom. The summed E-state index contributed by atoms with van der Waals surface area (Å²) in [6.45, 7) is 11.9. The summed E-state index contributed by atoms with van der Waals surface area (Å²) in [6.07, 6.45) is 0. The molecule has 1 unspecified atom stereocenters. The molecule has 20 heavy (non-hydrogen) atoms. The number of hydrogen-bond acceptors (Lipinski definition) is 4. The molecule has 2 heterocycles. The quantitative estimate of drug-likeness (QED) is 0.887. The number of piperazine rings is 1. The molecule has 1 fully saturated rings. The molecule has 0 aliphatic carbocycles. The van der Waals surface area contributed by atoms with Crippen molar-refractivity contribution < 1.29 is 0 Å². The van der Waals surface area contributed by atoms with E-state index in [1.807, 2.05) is 0 Å². The van der Waals surface area contributed by atoms with Gasteiger partial charge in [0.2, 0.25) is 0 Å². The minimum Gasteiger partial charge on any atom is -0.309 e. The zero-order valence-corrected chi connectivity index (χ0v) is 13.3. The van der Waals surface area contributed by atoms with E-state index < -0.39 is 0 Å². The zero-order valence-electron chi connectivity index (χ0n) is 13.3. The van der Waals surface area contributed by atoms with Crippen LogP contribution in [0.1, 0.15) is 32.2 Å².